The van der Waals surface area contributed by atoms with Gasteiger partial charge in [-0.3, -0.25) is 24.3 Å². The highest BCUT2D eigenvalue weighted by Gasteiger charge is 2.60. The fourth-order valence-corrected chi connectivity index (χ4v) is 5.98. The maximum atomic E-state index is 14.3. The van der Waals surface area contributed by atoms with Gasteiger partial charge in [0.15, 0.2) is 0 Å². The summed E-state index contributed by atoms with van der Waals surface area (Å²) in [4.78, 5) is 45.5. The number of urea groups is 1. The van der Waals surface area contributed by atoms with Crippen molar-refractivity contribution in [2.45, 2.75) is 57.8 Å². The van der Waals surface area contributed by atoms with E-state index in [2.05, 4.69) is 10.2 Å². The molecule has 3 aromatic rings. The Morgan fingerprint density at radius 1 is 1.10 bits per heavy atom. The number of imide groups is 1. The van der Waals surface area contributed by atoms with E-state index in [1.165, 1.54) is 23.1 Å². The van der Waals surface area contributed by atoms with E-state index in [0.29, 0.717) is 36.6 Å². The van der Waals surface area contributed by atoms with Crippen molar-refractivity contribution in [1.82, 2.24) is 9.80 Å². The number of benzene rings is 3. The molecule has 0 saturated carbocycles. The molecule has 8 nitrogen and oxygen atoms in total. The minimum Gasteiger partial charge on any atom is -0.491 e. The number of hydrogen-bond donors (Lipinski definition) is 1. The first-order valence-corrected chi connectivity index (χ1v) is 14.4. The summed E-state index contributed by atoms with van der Waals surface area (Å²) in [6, 6.07) is 19.4. The lowest BCUT2D eigenvalue weighted by molar-refractivity contribution is -0.135. The van der Waals surface area contributed by atoms with E-state index in [1.54, 1.807) is 30.3 Å². The Bertz CT molecular complexity index is 1480. The van der Waals surface area contributed by atoms with Crippen LogP contribution < -0.4 is 15.0 Å². The lowest BCUT2D eigenvalue weighted by Crippen LogP contribution is -2.59. The Hall–Kier alpha value is -3.95. The third kappa shape index (κ3) is 6.12. The first-order valence-electron chi connectivity index (χ1n) is 14.0. The Labute approximate surface area is 250 Å². The Morgan fingerprint density at radius 2 is 1.83 bits per heavy atom. The Morgan fingerprint density at radius 3 is 2.52 bits per heavy atom. The van der Waals surface area contributed by atoms with Gasteiger partial charge >= 0.3 is 6.03 Å². The quantitative estimate of drug-likeness (QED) is 0.320. The van der Waals surface area contributed by atoms with Gasteiger partial charge in [0.2, 0.25) is 5.91 Å². The molecule has 3 aromatic carbocycles. The second-order valence-electron chi connectivity index (χ2n) is 11.2. The first-order chi connectivity index (χ1) is 20.1. The predicted molar refractivity (Wildman–Crippen MR) is 160 cm³/mol. The third-order valence-electron chi connectivity index (χ3n) is 7.71. The molecule has 0 aromatic heterocycles. The minimum atomic E-state index is -1.25. The molecule has 2 saturated heterocycles. The number of amides is 4. The van der Waals surface area contributed by atoms with Crippen LogP contribution in [-0.2, 0) is 16.1 Å². The number of hydrogen-bond acceptors (Lipinski definition) is 5. The van der Waals surface area contributed by atoms with Gasteiger partial charge in [-0.15, -0.1) is 0 Å². The van der Waals surface area contributed by atoms with Gasteiger partial charge in [0.1, 0.15) is 23.7 Å². The molecule has 42 heavy (non-hydrogen) atoms. The summed E-state index contributed by atoms with van der Waals surface area (Å²) in [5.74, 6) is -0.702. The van der Waals surface area contributed by atoms with Crippen molar-refractivity contribution >= 4 is 40.8 Å². The van der Waals surface area contributed by atoms with Crippen molar-refractivity contribution in [3.8, 4) is 5.75 Å². The SMILES string of the molecule is CC(C)Oc1cccc(CN2CCC3(C[C@@H]2C)C(=O)N(CC(=O)Nc2ccc(Cl)cc2)C(=O)N3c2cccc(F)c2)c1. The van der Waals surface area contributed by atoms with Crippen molar-refractivity contribution in [3.05, 3.63) is 89.2 Å². The van der Waals surface area contributed by atoms with Crippen molar-refractivity contribution in [1.29, 1.82) is 0 Å². The van der Waals surface area contributed by atoms with Crippen LogP contribution in [0.4, 0.5) is 20.6 Å². The molecule has 1 N–H and O–H groups in total. The second-order valence-corrected chi connectivity index (χ2v) is 11.6. The van der Waals surface area contributed by atoms with Crippen LogP contribution >= 0.6 is 11.6 Å². The predicted octanol–water partition coefficient (Wildman–Crippen LogP) is 6.10. The van der Waals surface area contributed by atoms with Gasteiger partial charge < -0.3 is 10.1 Å². The smallest absolute Gasteiger partial charge is 0.332 e. The van der Waals surface area contributed by atoms with Crippen LogP contribution in [0.15, 0.2) is 72.8 Å². The fraction of sp³-hybridized carbons (Fsp3) is 0.344. The molecule has 220 valence electrons. The molecule has 1 unspecified atom stereocenters. The number of rotatable bonds is 8. The normalized spacial score (nSPS) is 21.0. The third-order valence-corrected chi connectivity index (χ3v) is 7.97. The molecule has 0 aliphatic carbocycles. The number of likely N-dealkylation sites (tertiary alicyclic amines) is 1. The summed E-state index contributed by atoms with van der Waals surface area (Å²) in [5.41, 5.74) is 0.606. The number of anilines is 2. The summed E-state index contributed by atoms with van der Waals surface area (Å²) in [5, 5.41) is 3.23. The van der Waals surface area contributed by atoms with Crippen LogP contribution in [0.5, 0.6) is 5.75 Å². The van der Waals surface area contributed by atoms with E-state index < -0.39 is 35.7 Å². The average Bonchev–Trinajstić information content (AvgIpc) is 3.12. The molecule has 0 bridgehead atoms. The van der Waals surface area contributed by atoms with Crippen molar-refractivity contribution < 1.29 is 23.5 Å². The standard InChI is InChI=1S/C32H34ClFN4O4/c1-21(2)42-28-9-4-6-23(16-28)19-36-15-14-32(18-22(36)3)30(40)37(20-29(39)35-26-12-10-24(33)11-13-26)31(41)38(32)27-8-5-7-25(34)17-27/h4-13,16-17,21-22H,14-15,18-20H2,1-3H3,(H,35,39)/t22-,32?/m0/s1. The molecule has 2 aliphatic rings. The minimum absolute atomic E-state index is 0.0601. The number of piperidine rings is 1. The maximum Gasteiger partial charge on any atom is 0.332 e. The van der Waals surface area contributed by atoms with Crippen LogP contribution in [0.1, 0.15) is 39.2 Å². The fourth-order valence-electron chi connectivity index (χ4n) is 5.85. The Balaban J connectivity index is 1.38. The summed E-state index contributed by atoms with van der Waals surface area (Å²) in [6.07, 6.45) is 0.714. The molecule has 2 atom stereocenters. The summed E-state index contributed by atoms with van der Waals surface area (Å²) in [7, 11) is 0. The number of carbonyl (C=O) groups is 3. The highest BCUT2D eigenvalue weighted by atomic mass is 35.5. The zero-order chi connectivity index (χ0) is 30.0. The van der Waals surface area contributed by atoms with Gasteiger partial charge in [0, 0.05) is 35.5 Å². The molecular weight excluding hydrogens is 559 g/mol. The maximum absolute atomic E-state index is 14.3. The van der Waals surface area contributed by atoms with E-state index in [9.17, 15) is 18.8 Å². The number of halogens is 2. The zero-order valence-electron chi connectivity index (χ0n) is 23.8. The molecular formula is C32H34ClFN4O4. The van der Waals surface area contributed by atoms with Crippen LogP contribution in [0, 0.1) is 5.82 Å². The lowest BCUT2D eigenvalue weighted by atomic mass is 9.81. The van der Waals surface area contributed by atoms with Gasteiger partial charge in [-0.2, -0.15) is 0 Å². The molecule has 5 rings (SSSR count). The van der Waals surface area contributed by atoms with Crippen molar-refractivity contribution in [2.24, 2.45) is 0 Å². The van der Waals surface area contributed by atoms with Gasteiger partial charge in [-0.1, -0.05) is 29.8 Å². The van der Waals surface area contributed by atoms with Crippen molar-refractivity contribution in [2.75, 3.05) is 23.3 Å². The monoisotopic (exact) mass is 592 g/mol. The van der Waals surface area contributed by atoms with E-state index in [1.807, 2.05) is 45.0 Å². The first kappa shape index (κ1) is 29.5. The molecule has 2 heterocycles. The lowest BCUT2D eigenvalue weighted by Gasteiger charge is -2.45. The molecule has 1 spiro atoms. The molecule has 0 radical (unpaired) electrons. The van der Waals surface area contributed by atoms with Crippen LogP contribution in [0.3, 0.4) is 0 Å². The summed E-state index contributed by atoms with van der Waals surface area (Å²) in [6.45, 7) is 6.68. The summed E-state index contributed by atoms with van der Waals surface area (Å²) < 4.78 is 20.2. The van der Waals surface area contributed by atoms with Gasteiger partial charge in [0.05, 0.1) is 6.10 Å². The van der Waals surface area contributed by atoms with Crippen molar-refractivity contribution in [3.63, 3.8) is 0 Å². The largest absolute Gasteiger partial charge is 0.491 e. The van der Waals surface area contributed by atoms with E-state index >= 15 is 0 Å². The molecule has 2 aliphatic heterocycles. The van der Waals surface area contributed by atoms with Gasteiger partial charge in [-0.05, 0) is 93.8 Å². The molecule has 10 heteroatoms. The molecule has 4 amide bonds. The van der Waals surface area contributed by atoms with Crippen LogP contribution in [0.2, 0.25) is 5.02 Å². The Kier molecular flexibility index (Phi) is 8.52. The van der Waals surface area contributed by atoms with E-state index in [0.717, 1.165) is 16.2 Å². The van der Waals surface area contributed by atoms with E-state index in [-0.39, 0.29) is 17.8 Å². The number of ether oxygens (including phenoxy) is 1. The highest BCUT2D eigenvalue weighted by Crippen LogP contribution is 2.43. The second kappa shape index (κ2) is 12.1. The summed E-state index contributed by atoms with van der Waals surface area (Å²) >= 11 is 5.93. The zero-order valence-corrected chi connectivity index (χ0v) is 24.6. The van der Waals surface area contributed by atoms with Crippen LogP contribution in [-0.4, -0.2) is 58.4 Å². The number of nitrogens with zero attached hydrogens (tertiary/aromatic N) is 3. The van der Waals surface area contributed by atoms with Gasteiger partial charge in [-0.25, -0.2) is 9.18 Å². The highest BCUT2D eigenvalue weighted by molar-refractivity contribution is 6.30. The molecule has 2 fully saturated rings. The van der Waals surface area contributed by atoms with E-state index in [4.69, 9.17) is 16.3 Å². The number of carbonyl (C=O) groups excluding carboxylic acids is 3. The topological polar surface area (TPSA) is 82.2 Å². The van der Waals surface area contributed by atoms with Gasteiger partial charge in [0.25, 0.3) is 5.91 Å². The average molecular weight is 593 g/mol. The van der Waals surface area contributed by atoms with Crippen LogP contribution in [0.25, 0.3) is 0 Å². The number of nitrogens with one attached hydrogen (secondary N) is 1.